The lowest BCUT2D eigenvalue weighted by molar-refractivity contribution is -0.150. The van der Waals surface area contributed by atoms with Crippen LogP contribution in [0.4, 0.5) is 0 Å². The van der Waals surface area contributed by atoms with Gasteiger partial charge in [-0.1, -0.05) is 6.92 Å². The van der Waals surface area contributed by atoms with Gasteiger partial charge in [-0.25, -0.2) is 9.59 Å². The van der Waals surface area contributed by atoms with Gasteiger partial charge in [0.15, 0.2) is 6.04 Å². The average Bonchev–Trinajstić information content (AvgIpc) is 2.66. The first-order chi connectivity index (χ1) is 6.77. The largest absolute Gasteiger partial charge is 0.461 e. The summed E-state index contributed by atoms with van der Waals surface area (Å²) < 4.78 is 5.21. The van der Waals surface area contributed by atoms with Gasteiger partial charge in [0, 0.05) is 0 Å². The van der Waals surface area contributed by atoms with E-state index in [4.69, 9.17) is 4.74 Å². The van der Waals surface area contributed by atoms with Crippen LogP contribution in [0.3, 0.4) is 0 Å². The Kier molecular flexibility index (Phi) is 4.33. The molecule has 0 aromatic rings. The Balaban J connectivity index is 2.41. The fourth-order valence-electron chi connectivity index (χ4n) is 1.62. The van der Waals surface area contributed by atoms with E-state index in [9.17, 15) is 9.59 Å². The molecule has 1 aliphatic carbocycles. The predicted octanol–water partition coefficient (Wildman–Crippen LogP) is 1.59. The van der Waals surface area contributed by atoms with E-state index in [2.05, 4.69) is 4.99 Å². The summed E-state index contributed by atoms with van der Waals surface area (Å²) in [6, 6.07) is -0.659. The molecule has 0 N–H and O–H groups in total. The second-order valence-electron chi connectivity index (χ2n) is 3.49. The Morgan fingerprint density at radius 1 is 1.57 bits per heavy atom. The molecule has 4 heteroatoms. The van der Waals surface area contributed by atoms with Gasteiger partial charge in [-0.2, -0.15) is 4.99 Å². The number of hydrogen-bond acceptors (Lipinski definition) is 4. The van der Waals surface area contributed by atoms with E-state index in [1.165, 1.54) is 6.08 Å². The highest BCUT2D eigenvalue weighted by Crippen LogP contribution is 2.21. The van der Waals surface area contributed by atoms with Crippen LogP contribution < -0.4 is 0 Å². The number of carbonyl (C=O) groups excluding carboxylic acids is 2. The zero-order chi connectivity index (χ0) is 10.4. The number of ether oxygens (including phenoxy) is 1. The normalized spacial score (nSPS) is 18.6. The molecule has 1 aliphatic rings. The van der Waals surface area contributed by atoms with Crippen LogP contribution in [0.5, 0.6) is 0 Å². The van der Waals surface area contributed by atoms with Crippen LogP contribution in [0.15, 0.2) is 4.99 Å². The molecule has 0 aliphatic heterocycles. The van der Waals surface area contributed by atoms with E-state index in [1.807, 2.05) is 0 Å². The quantitative estimate of drug-likeness (QED) is 0.390. The number of aliphatic imine (C=N–C) groups is 1. The van der Waals surface area contributed by atoms with Crippen molar-refractivity contribution in [3.63, 3.8) is 0 Å². The number of hydrogen-bond donors (Lipinski definition) is 0. The zero-order valence-corrected chi connectivity index (χ0v) is 8.36. The Hall–Kier alpha value is -1.15. The van der Waals surface area contributed by atoms with Crippen molar-refractivity contribution in [1.82, 2.24) is 0 Å². The van der Waals surface area contributed by atoms with E-state index < -0.39 is 6.04 Å². The third kappa shape index (κ3) is 2.96. The molecule has 1 saturated carbocycles. The smallest absolute Gasteiger partial charge is 0.332 e. The minimum absolute atomic E-state index is 0.0402. The number of isocyanates is 1. The van der Waals surface area contributed by atoms with E-state index in [1.54, 1.807) is 6.92 Å². The molecule has 1 rings (SSSR count). The molecule has 0 amide bonds. The first-order valence-corrected chi connectivity index (χ1v) is 5.05. The van der Waals surface area contributed by atoms with Crippen molar-refractivity contribution in [1.29, 1.82) is 0 Å². The maximum atomic E-state index is 11.4. The van der Waals surface area contributed by atoms with Gasteiger partial charge in [0.1, 0.15) is 6.10 Å². The number of esters is 1. The van der Waals surface area contributed by atoms with Gasteiger partial charge >= 0.3 is 5.97 Å². The van der Waals surface area contributed by atoms with Crippen molar-refractivity contribution in [2.75, 3.05) is 0 Å². The monoisotopic (exact) mass is 197 g/mol. The zero-order valence-electron chi connectivity index (χ0n) is 8.36. The number of rotatable bonds is 4. The lowest BCUT2D eigenvalue weighted by Gasteiger charge is -2.13. The lowest BCUT2D eigenvalue weighted by Crippen LogP contribution is -2.25. The second kappa shape index (κ2) is 5.55. The third-order valence-electron chi connectivity index (χ3n) is 2.45. The summed E-state index contributed by atoms with van der Waals surface area (Å²) in [5.41, 5.74) is 0. The number of nitrogens with zero attached hydrogens (tertiary/aromatic N) is 1. The van der Waals surface area contributed by atoms with Gasteiger partial charge in [0.05, 0.1) is 0 Å². The van der Waals surface area contributed by atoms with Crippen molar-refractivity contribution in [3.8, 4) is 0 Å². The summed E-state index contributed by atoms with van der Waals surface area (Å²) >= 11 is 0. The minimum Gasteiger partial charge on any atom is -0.461 e. The van der Waals surface area contributed by atoms with Crippen LogP contribution >= 0.6 is 0 Å². The van der Waals surface area contributed by atoms with Crippen molar-refractivity contribution in [2.45, 2.75) is 51.2 Å². The molecule has 1 unspecified atom stereocenters. The Bertz CT molecular complexity index is 240. The number of carbonyl (C=O) groups is 1. The van der Waals surface area contributed by atoms with E-state index >= 15 is 0 Å². The minimum atomic E-state index is -0.659. The summed E-state index contributed by atoms with van der Waals surface area (Å²) in [5, 5.41) is 0. The van der Waals surface area contributed by atoms with Crippen LogP contribution in [-0.4, -0.2) is 24.2 Å². The van der Waals surface area contributed by atoms with Crippen molar-refractivity contribution < 1.29 is 14.3 Å². The van der Waals surface area contributed by atoms with Crippen LogP contribution in [0.25, 0.3) is 0 Å². The highest BCUT2D eigenvalue weighted by atomic mass is 16.5. The summed E-state index contributed by atoms with van der Waals surface area (Å²) in [6.45, 7) is 1.79. The van der Waals surface area contributed by atoms with Gasteiger partial charge in [0.25, 0.3) is 0 Å². The van der Waals surface area contributed by atoms with Crippen LogP contribution in [0.2, 0.25) is 0 Å². The van der Waals surface area contributed by atoms with Gasteiger partial charge < -0.3 is 4.74 Å². The van der Waals surface area contributed by atoms with Gasteiger partial charge in [0.2, 0.25) is 6.08 Å². The summed E-state index contributed by atoms with van der Waals surface area (Å²) in [7, 11) is 0. The molecule has 0 heterocycles. The molecule has 0 aromatic carbocycles. The van der Waals surface area contributed by atoms with Gasteiger partial charge in [-0.05, 0) is 32.1 Å². The standard InChI is InChI=1S/C10H15NO3/c1-2-9(11-7-12)10(13)14-8-5-3-4-6-8/h8-9H,2-6H2,1H3. The Labute approximate surface area is 83.3 Å². The second-order valence-corrected chi connectivity index (χ2v) is 3.49. The van der Waals surface area contributed by atoms with Gasteiger partial charge in [-0.15, -0.1) is 0 Å². The molecule has 14 heavy (non-hydrogen) atoms. The first kappa shape index (κ1) is 10.9. The van der Waals surface area contributed by atoms with Gasteiger partial charge in [-0.3, -0.25) is 0 Å². The predicted molar refractivity (Wildman–Crippen MR) is 50.5 cm³/mol. The molecule has 0 radical (unpaired) electrons. The molecule has 4 nitrogen and oxygen atoms in total. The molecule has 0 aromatic heterocycles. The fraction of sp³-hybridized carbons (Fsp3) is 0.800. The summed E-state index contributed by atoms with van der Waals surface area (Å²) in [4.78, 5) is 24.8. The third-order valence-corrected chi connectivity index (χ3v) is 2.45. The molecule has 1 fully saturated rings. The maximum absolute atomic E-state index is 11.4. The van der Waals surface area contributed by atoms with E-state index in [0.29, 0.717) is 6.42 Å². The van der Waals surface area contributed by atoms with Crippen LogP contribution in [-0.2, 0) is 14.3 Å². The summed E-state index contributed by atoms with van der Waals surface area (Å²) in [6.07, 6.45) is 6.03. The topological polar surface area (TPSA) is 55.7 Å². The highest BCUT2D eigenvalue weighted by molar-refractivity contribution is 5.77. The molecule has 1 atom stereocenters. The first-order valence-electron chi connectivity index (χ1n) is 5.05. The molecular formula is C10H15NO3. The molecule has 0 bridgehead atoms. The SMILES string of the molecule is CCC(N=C=O)C(=O)OC1CCCC1. The summed E-state index contributed by atoms with van der Waals surface area (Å²) in [5.74, 6) is -0.386. The molecule has 78 valence electrons. The fourth-order valence-corrected chi connectivity index (χ4v) is 1.62. The molecule has 0 spiro atoms. The Morgan fingerprint density at radius 3 is 2.71 bits per heavy atom. The van der Waals surface area contributed by atoms with Crippen molar-refractivity contribution in [2.24, 2.45) is 4.99 Å². The van der Waals surface area contributed by atoms with E-state index in [-0.39, 0.29) is 12.1 Å². The van der Waals surface area contributed by atoms with Crippen LogP contribution in [0.1, 0.15) is 39.0 Å². The highest BCUT2D eigenvalue weighted by Gasteiger charge is 2.23. The average molecular weight is 197 g/mol. The Morgan fingerprint density at radius 2 is 2.21 bits per heavy atom. The molecule has 0 saturated heterocycles. The van der Waals surface area contributed by atoms with Crippen molar-refractivity contribution >= 4 is 12.0 Å². The van der Waals surface area contributed by atoms with E-state index in [0.717, 1.165) is 25.7 Å². The van der Waals surface area contributed by atoms with Crippen molar-refractivity contribution in [3.05, 3.63) is 0 Å². The lowest BCUT2D eigenvalue weighted by atomic mass is 10.2. The molecular weight excluding hydrogens is 182 g/mol. The van der Waals surface area contributed by atoms with Crippen LogP contribution in [0, 0.1) is 0 Å². The maximum Gasteiger partial charge on any atom is 0.332 e.